The molecule has 0 radical (unpaired) electrons. The second-order valence-electron chi connectivity index (χ2n) is 11.2. The zero-order chi connectivity index (χ0) is 31.2. The smallest absolute Gasteiger partial charge is 0.164 e. The van der Waals surface area contributed by atoms with E-state index in [0.717, 1.165) is 66.4 Å². The Balaban J connectivity index is 1.20. The summed E-state index contributed by atoms with van der Waals surface area (Å²) in [5.74, 6) is 1.83. The second kappa shape index (κ2) is 11.1. The van der Waals surface area contributed by atoms with Gasteiger partial charge in [-0.05, 0) is 29.8 Å². The minimum atomic E-state index is 0.592. The van der Waals surface area contributed by atoms with Gasteiger partial charge in [-0.3, -0.25) is 15.0 Å². The minimum absolute atomic E-state index is 0.592. The van der Waals surface area contributed by atoms with Crippen LogP contribution in [0.3, 0.4) is 0 Å². The Morgan fingerprint density at radius 2 is 1.06 bits per heavy atom. The van der Waals surface area contributed by atoms with Crippen LogP contribution in [-0.2, 0) is 0 Å². The van der Waals surface area contributed by atoms with Crippen LogP contribution >= 0.6 is 0 Å². The molecule has 0 aliphatic heterocycles. The third kappa shape index (κ3) is 4.69. The molecule has 0 aliphatic carbocycles. The molecule has 9 rings (SSSR count). The van der Waals surface area contributed by atoms with E-state index in [1.165, 1.54) is 0 Å². The molecule has 220 valence electrons. The van der Waals surface area contributed by atoms with Crippen molar-refractivity contribution in [2.24, 2.45) is 0 Å². The lowest BCUT2D eigenvalue weighted by molar-refractivity contribution is 0.668. The lowest BCUT2D eigenvalue weighted by atomic mass is 9.98. The number of hydrogen-bond acceptors (Lipinski definition) is 7. The van der Waals surface area contributed by atoms with Gasteiger partial charge in [-0.1, -0.05) is 103 Å². The van der Waals surface area contributed by atoms with Crippen LogP contribution in [0.4, 0.5) is 0 Å². The van der Waals surface area contributed by atoms with Crippen LogP contribution in [0.25, 0.3) is 89.5 Å². The van der Waals surface area contributed by atoms with Crippen molar-refractivity contribution >= 4 is 32.8 Å². The number of rotatable bonds is 5. The first-order chi connectivity index (χ1) is 23.3. The normalized spacial score (nSPS) is 11.4. The average molecular weight is 605 g/mol. The molecule has 7 nitrogen and oxygen atoms in total. The van der Waals surface area contributed by atoms with Gasteiger partial charge in [0.15, 0.2) is 17.5 Å². The van der Waals surface area contributed by atoms with Crippen LogP contribution in [0.1, 0.15) is 0 Å². The predicted molar refractivity (Wildman–Crippen MR) is 185 cm³/mol. The number of para-hydroxylation sites is 1. The molecule has 7 heteroatoms. The second-order valence-corrected chi connectivity index (χ2v) is 11.2. The van der Waals surface area contributed by atoms with Gasteiger partial charge in [0.2, 0.25) is 0 Å². The van der Waals surface area contributed by atoms with E-state index in [-0.39, 0.29) is 0 Å². The quantitative estimate of drug-likeness (QED) is 0.193. The highest BCUT2D eigenvalue weighted by molar-refractivity contribution is 6.13. The summed E-state index contributed by atoms with van der Waals surface area (Å²) in [5, 5.41) is 2.89. The van der Waals surface area contributed by atoms with Crippen molar-refractivity contribution in [1.29, 1.82) is 0 Å². The Morgan fingerprint density at radius 3 is 1.83 bits per heavy atom. The van der Waals surface area contributed by atoms with Crippen molar-refractivity contribution in [3.05, 3.63) is 146 Å². The summed E-state index contributed by atoms with van der Waals surface area (Å²) in [5.41, 5.74) is 8.43. The third-order valence-electron chi connectivity index (χ3n) is 8.29. The zero-order valence-electron chi connectivity index (χ0n) is 24.9. The van der Waals surface area contributed by atoms with Crippen LogP contribution in [0, 0.1) is 0 Å². The van der Waals surface area contributed by atoms with E-state index in [1.54, 1.807) is 12.4 Å². The highest BCUT2D eigenvalue weighted by Crippen LogP contribution is 2.39. The Kier molecular flexibility index (Phi) is 6.31. The van der Waals surface area contributed by atoms with E-state index in [1.807, 2.05) is 109 Å². The standard InChI is InChI=1S/C40H24N6O/c1-3-11-25(12-4-1)38-44-39(26-13-5-2-6-14-26)46-40(45-38)28-16-9-15-27(23-28)31-24-43-37(35-29(31)18-10-21-41-35)36-34-30-17-7-8-19-32(30)47-33(34)20-22-42-36/h1-24H. The van der Waals surface area contributed by atoms with E-state index >= 15 is 0 Å². The molecular weight excluding hydrogens is 580 g/mol. The third-order valence-corrected chi connectivity index (χ3v) is 8.29. The summed E-state index contributed by atoms with van der Waals surface area (Å²) in [6.45, 7) is 0. The lowest BCUT2D eigenvalue weighted by Gasteiger charge is -2.12. The molecule has 0 atom stereocenters. The fourth-order valence-corrected chi connectivity index (χ4v) is 6.09. The largest absolute Gasteiger partial charge is 0.456 e. The molecule has 0 N–H and O–H groups in total. The first kappa shape index (κ1) is 26.8. The summed E-state index contributed by atoms with van der Waals surface area (Å²) < 4.78 is 6.14. The molecule has 5 aromatic heterocycles. The molecule has 5 heterocycles. The number of nitrogens with zero attached hydrogens (tertiary/aromatic N) is 6. The number of benzene rings is 4. The zero-order valence-corrected chi connectivity index (χ0v) is 24.9. The van der Waals surface area contributed by atoms with Crippen LogP contribution < -0.4 is 0 Å². The van der Waals surface area contributed by atoms with Gasteiger partial charge in [0.1, 0.15) is 22.6 Å². The van der Waals surface area contributed by atoms with E-state index in [4.69, 9.17) is 34.3 Å². The first-order valence-electron chi connectivity index (χ1n) is 15.3. The number of aromatic nitrogens is 6. The summed E-state index contributed by atoms with van der Waals surface area (Å²) in [6, 6.07) is 42.1. The highest BCUT2D eigenvalue weighted by atomic mass is 16.3. The van der Waals surface area contributed by atoms with E-state index in [9.17, 15) is 0 Å². The van der Waals surface area contributed by atoms with Crippen molar-refractivity contribution in [2.45, 2.75) is 0 Å². The fourth-order valence-electron chi connectivity index (χ4n) is 6.09. The molecule has 0 aliphatic rings. The predicted octanol–water partition coefficient (Wildman–Crippen LogP) is 9.44. The first-order valence-corrected chi connectivity index (χ1v) is 15.3. The Morgan fingerprint density at radius 1 is 0.426 bits per heavy atom. The molecule has 0 bridgehead atoms. The topological polar surface area (TPSA) is 90.5 Å². The van der Waals surface area contributed by atoms with Gasteiger partial charge in [-0.15, -0.1) is 0 Å². The average Bonchev–Trinajstić information content (AvgIpc) is 3.54. The van der Waals surface area contributed by atoms with E-state index < -0.39 is 0 Å². The minimum Gasteiger partial charge on any atom is -0.456 e. The Hall–Kier alpha value is -6.60. The van der Waals surface area contributed by atoms with Crippen LogP contribution in [0.2, 0.25) is 0 Å². The summed E-state index contributed by atoms with van der Waals surface area (Å²) in [4.78, 5) is 29.3. The number of fused-ring (bicyclic) bond motifs is 4. The highest BCUT2D eigenvalue weighted by Gasteiger charge is 2.19. The Bertz CT molecular complexity index is 2520. The number of pyridine rings is 3. The SMILES string of the molecule is c1ccc(-c2nc(-c3ccccc3)nc(-c3cccc(-c4cnc(-c5nccc6oc7ccccc7c56)c5ncccc45)c3)n2)cc1. The number of furan rings is 1. The maximum Gasteiger partial charge on any atom is 0.164 e. The maximum atomic E-state index is 6.14. The molecule has 4 aromatic carbocycles. The maximum absolute atomic E-state index is 6.14. The molecule has 0 saturated carbocycles. The van der Waals surface area contributed by atoms with Gasteiger partial charge in [-0.25, -0.2) is 15.0 Å². The summed E-state index contributed by atoms with van der Waals surface area (Å²) >= 11 is 0. The van der Waals surface area contributed by atoms with Crippen molar-refractivity contribution < 1.29 is 4.42 Å². The van der Waals surface area contributed by atoms with Gasteiger partial charge in [-0.2, -0.15) is 0 Å². The van der Waals surface area contributed by atoms with Gasteiger partial charge < -0.3 is 4.42 Å². The van der Waals surface area contributed by atoms with Crippen LogP contribution in [-0.4, -0.2) is 29.9 Å². The molecule has 9 aromatic rings. The van der Waals surface area contributed by atoms with E-state index in [2.05, 4.69) is 24.3 Å². The lowest BCUT2D eigenvalue weighted by Crippen LogP contribution is -2.00. The summed E-state index contributed by atoms with van der Waals surface area (Å²) in [6.07, 6.45) is 5.46. The van der Waals surface area contributed by atoms with Gasteiger partial charge in [0, 0.05) is 51.6 Å². The molecule has 0 saturated heterocycles. The van der Waals surface area contributed by atoms with Crippen LogP contribution in [0.15, 0.2) is 150 Å². The molecule has 0 unspecified atom stereocenters. The van der Waals surface area contributed by atoms with Crippen LogP contribution in [0.5, 0.6) is 0 Å². The Labute approximate surface area is 269 Å². The van der Waals surface area contributed by atoms with Crippen molar-refractivity contribution in [2.75, 3.05) is 0 Å². The molecular formula is C40H24N6O. The molecule has 0 amide bonds. The summed E-state index contributed by atoms with van der Waals surface area (Å²) in [7, 11) is 0. The molecule has 47 heavy (non-hydrogen) atoms. The van der Waals surface area contributed by atoms with Crippen molar-refractivity contribution in [3.8, 4) is 56.7 Å². The fraction of sp³-hybridized carbons (Fsp3) is 0. The number of hydrogen-bond donors (Lipinski definition) is 0. The van der Waals surface area contributed by atoms with Gasteiger partial charge in [0.05, 0.1) is 10.9 Å². The monoisotopic (exact) mass is 604 g/mol. The van der Waals surface area contributed by atoms with Crippen molar-refractivity contribution in [1.82, 2.24) is 29.9 Å². The molecule has 0 fully saturated rings. The van der Waals surface area contributed by atoms with E-state index in [0.29, 0.717) is 23.2 Å². The molecule has 0 spiro atoms. The van der Waals surface area contributed by atoms with Gasteiger partial charge >= 0.3 is 0 Å². The van der Waals surface area contributed by atoms with Gasteiger partial charge in [0.25, 0.3) is 0 Å². The van der Waals surface area contributed by atoms with Crippen molar-refractivity contribution in [3.63, 3.8) is 0 Å².